The van der Waals surface area contributed by atoms with Crippen molar-refractivity contribution in [3.63, 3.8) is 0 Å². The third kappa shape index (κ3) is 2.78. The monoisotopic (exact) mass is 408 g/mol. The second-order valence-electron chi connectivity index (χ2n) is 9.05. The molecule has 1 fully saturated rings. The maximum absolute atomic E-state index is 13.6. The van der Waals surface area contributed by atoms with E-state index in [0.717, 1.165) is 59.6 Å². The van der Waals surface area contributed by atoms with Crippen LogP contribution in [0.2, 0.25) is 0 Å². The highest BCUT2D eigenvalue weighted by Gasteiger charge is 2.40. The van der Waals surface area contributed by atoms with Gasteiger partial charge in [0.05, 0.1) is 16.8 Å². The van der Waals surface area contributed by atoms with Gasteiger partial charge in [-0.25, -0.2) is 0 Å². The maximum Gasteiger partial charge on any atom is 0.195 e. The van der Waals surface area contributed by atoms with E-state index in [4.69, 9.17) is 6.42 Å². The van der Waals surface area contributed by atoms with Crippen molar-refractivity contribution >= 4 is 22.4 Å². The van der Waals surface area contributed by atoms with Gasteiger partial charge in [0.2, 0.25) is 0 Å². The number of terminal acetylenes is 1. The molecule has 0 amide bonds. The molecule has 1 N–H and O–H groups in total. The molecule has 5 nitrogen and oxygen atoms in total. The number of carbonyl (C=O) groups excluding carboxylic acids is 1. The summed E-state index contributed by atoms with van der Waals surface area (Å²) in [6, 6.07) is 11.9. The molecule has 1 aliphatic heterocycles. The molecule has 0 unspecified atom stereocenters. The number of fused-ring (bicyclic) bond motifs is 4. The van der Waals surface area contributed by atoms with Crippen molar-refractivity contribution in [3.05, 3.63) is 63.8 Å². The summed E-state index contributed by atoms with van der Waals surface area (Å²) in [6.07, 6.45) is 5.57. The molecule has 3 aromatic rings. The number of nitrogens with zero attached hydrogens (tertiary/aromatic N) is 3. The Kier molecular flexibility index (Phi) is 4.22. The molecule has 1 saturated heterocycles. The van der Waals surface area contributed by atoms with Gasteiger partial charge in [-0.15, -0.1) is 6.42 Å². The van der Waals surface area contributed by atoms with Crippen molar-refractivity contribution in [1.82, 2.24) is 9.88 Å². The van der Waals surface area contributed by atoms with Crippen molar-refractivity contribution in [3.8, 4) is 18.4 Å². The minimum atomic E-state index is -0.413. The first-order valence-electron chi connectivity index (χ1n) is 10.5. The normalized spacial score (nSPS) is 17.7. The van der Waals surface area contributed by atoms with Crippen molar-refractivity contribution in [1.29, 1.82) is 5.26 Å². The molecule has 0 saturated carbocycles. The first-order valence-corrected chi connectivity index (χ1v) is 10.5. The fourth-order valence-electron chi connectivity index (χ4n) is 4.95. The average molecular weight is 409 g/mol. The van der Waals surface area contributed by atoms with Gasteiger partial charge in [-0.1, -0.05) is 25.8 Å². The molecule has 0 bridgehead atoms. The van der Waals surface area contributed by atoms with Crippen LogP contribution in [0.4, 0.5) is 5.69 Å². The summed E-state index contributed by atoms with van der Waals surface area (Å²) in [5.41, 5.74) is 5.89. The number of piperazine rings is 1. The summed E-state index contributed by atoms with van der Waals surface area (Å²) in [5.74, 6) is 2.62. The number of hydrogen-bond donors (Lipinski definition) is 1. The largest absolute Gasteiger partial charge is 0.368 e. The van der Waals surface area contributed by atoms with Crippen LogP contribution in [0.3, 0.4) is 0 Å². The van der Waals surface area contributed by atoms with Crippen LogP contribution >= 0.6 is 0 Å². The molecular weight excluding hydrogens is 384 g/mol. The molecule has 0 radical (unpaired) electrons. The predicted molar refractivity (Wildman–Crippen MR) is 123 cm³/mol. The third-order valence-electron chi connectivity index (χ3n) is 6.84. The van der Waals surface area contributed by atoms with E-state index < -0.39 is 5.41 Å². The first-order chi connectivity index (χ1) is 14.8. The molecule has 2 heterocycles. The Labute approximate surface area is 182 Å². The topological polar surface area (TPSA) is 63.1 Å². The lowest BCUT2D eigenvalue weighted by Crippen LogP contribution is -2.45. The van der Waals surface area contributed by atoms with Crippen LogP contribution in [0.15, 0.2) is 30.3 Å². The van der Waals surface area contributed by atoms with E-state index >= 15 is 0 Å². The number of anilines is 1. The van der Waals surface area contributed by atoms with Gasteiger partial charge in [-0.05, 0) is 36.9 Å². The van der Waals surface area contributed by atoms with E-state index in [1.165, 1.54) is 0 Å². The van der Waals surface area contributed by atoms with Gasteiger partial charge in [0.15, 0.2) is 5.78 Å². The summed E-state index contributed by atoms with van der Waals surface area (Å²) in [6.45, 7) is 7.90. The number of rotatable bonds is 1. The lowest BCUT2D eigenvalue weighted by atomic mass is 9.70. The zero-order valence-corrected chi connectivity index (χ0v) is 18.0. The van der Waals surface area contributed by atoms with E-state index in [2.05, 4.69) is 53.7 Å². The Morgan fingerprint density at radius 2 is 1.87 bits per heavy atom. The second-order valence-corrected chi connectivity index (χ2v) is 9.05. The summed E-state index contributed by atoms with van der Waals surface area (Å²) in [7, 11) is 2.11. The van der Waals surface area contributed by atoms with E-state index in [-0.39, 0.29) is 5.78 Å². The van der Waals surface area contributed by atoms with Crippen LogP contribution in [0.1, 0.15) is 52.2 Å². The number of likely N-dealkylation sites (N-methyl/N-ethyl adjacent to an activating group) is 1. The van der Waals surface area contributed by atoms with Crippen LogP contribution in [0.5, 0.6) is 0 Å². The van der Waals surface area contributed by atoms with Crippen LogP contribution < -0.4 is 4.90 Å². The van der Waals surface area contributed by atoms with Gasteiger partial charge in [0.1, 0.15) is 6.07 Å². The SMILES string of the molecule is C#Cc1ccc2c3c([nH]c2c1)C(C)(C)c1cc(N2CCN(C)CC2)c(C#N)cc1C3=O. The second kappa shape index (κ2) is 6.74. The molecule has 2 aromatic carbocycles. The average Bonchev–Trinajstić information content (AvgIpc) is 3.17. The molecule has 1 aliphatic carbocycles. The van der Waals surface area contributed by atoms with Gasteiger partial charge < -0.3 is 14.8 Å². The number of carbonyl (C=O) groups is 1. The highest BCUT2D eigenvalue weighted by atomic mass is 16.1. The smallest absolute Gasteiger partial charge is 0.195 e. The minimum Gasteiger partial charge on any atom is -0.368 e. The summed E-state index contributed by atoms with van der Waals surface area (Å²) >= 11 is 0. The van der Waals surface area contributed by atoms with Crippen LogP contribution in [0.25, 0.3) is 10.9 Å². The fraction of sp³-hybridized carbons (Fsp3) is 0.308. The number of H-pyrrole nitrogens is 1. The van der Waals surface area contributed by atoms with Crippen molar-refractivity contribution < 1.29 is 4.79 Å². The Morgan fingerprint density at radius 3 is 2.55 bits per heavy atom. The van der Waals surface area contributed by atoms with Gasteiger partial charge >= 0.3 is 0 Å². The zero-order chi connectivity index (χ0) is 21.9. The van der Waals surface area contributed by atoms with Crippen LogP contribution in [-0.4, -0.2) is 48.9 Å². The molecule has 0 atom stereocenters. The predicted octanol–water partition coefficient (Wildman–Crippen LogP) is 3.64. The third-order valence-corrected chi connectivity index (χ3v) is 6.84. The number of nitriles is 1. The maximum atomic E-state index is 13.6. The van der Waals surface area contributed by atoms with Gasteiger partial charge in [0, 0.05) is 59.3 Å². The van der Waals surface area contributed by atoms with E-state index in [0.29, 0.717) is 16.7 Å². The molecular formula is C26H24N4O. The number of aromatic nitrogens is 1. The summed E-state index contributed by atoms with van der Waals surface area (Å²) in [5, 5.41) is 10.8. The van der Waals surface area contributed by atoms with Crippen LogP contribution in [0, 0.1) is 23.7 Å². The Bertz CT molecular complexity index is 1320. The molecule has 154 valence electrons. The highest BCUT2D eigenvalue weighted by molar-refractivity contribution is 6.20. The van der Waals surface area contributed by atoms with E-state index in [1.54, 1.807) is 6.07 Å². The first kappa shape index (κ1) is 19.4. The van der Waals surface area contributed by atoms with E-state index in [9.17, 15) is 10.1 Å². The number of aromatic amines is 1. The van der Waals surface area contributed by atoms with Gasteiger partial charge in [0.25, 0.3) is 0 Å². The molecule has 31 heavy (non-hydrogen) atoms. The highest BCUT2D eigenvalue weighted by Crippen LogP contribution is 2.45. The lowest BCUT2D eigenvalue weighted by molar-refractivity contribution is 0.103. The van der Waals surface area contributed by atoms with Crippen molar-refractivity contribution in [2.75, 3.05) is 38.1 Å². The van der Waals surface area contributed by atoms with Crippen molar-refractivity contribution in [2.24, 2.45) is 0 Å². The molecule has 5 rings (SSSR count). The standard InChI is InChI=1S/C26H24N4O/c1-5-16-6-7-18-21(12-16)28-25-23(18)24(31)19-13-17(15-27)22(14-20(19)26(25,2)3)30-10-8-29(4)9-11-30/h1,6-7,12-14,28H,8-11H2,2-4H3. The molecule has 2 aliphatic rings. The Hall–Kier alpha value is -3.54. The fourth-order valence-corrected chi connectivity index (χ4v) is 4.95. The lowest BCUT2D eigenvalue weighted by Gasteiger charge is -2.37. The Morgan fingerprint density at radius 1 is 1.13 bits per heavy atom. The Balaban J connectivity index is 1.71. The summed E-state index contributed by atoms with van der Waals surface area (Å²) in [4.78, 5) is 21.7. The number of benzene rings is 2. The molecule has 0 spiro atoms. The number of ketones is 1. The van der Waals surface area contributed by atoms with Crippen LogP contribution in [-0.2, 0) is 5.41 Å². The quantitative estimate of drug-likeness (QED) is 0.625. The van der Waals surface area contributed by atoms with E-state index in [1.807, 2.05) is 18.2 Å². The van der Waals surface area contributed by atoms with Crippen molar-refractivity contribution in [2.45, 2.75) is 19.3 Å². The number of hydrogen-bond acceptors (Lipinski definition) is 4. The summed E-state index contributed by atoms with van der Waals surface area (Å²) < 4.78 is 0. The molecule has 5 heteroatoms. The van der Waals surface area contributed by atoms with Gasteiger partial charge in [-0.3, -0.25) is 4.79 Å². The molecule has 1 aromatic heterocycles. The number of nitrogens with one attached hydrogen (secondary N) is 1. The minimum absolute atomic E-state index is 0.0366. The zero-order valence-electron chi connectivity index (χ0n) is 18.0. The van der Waals surface area contributed by atoms with Gasteiger partial charge in [-0.2, -0.15) is 5.26 Å².